The van der Waals surface area contributed by atoms with E-state index >= 15 is 0 Å². The zero-order valence-electron chi connectivity index (χ0n) is 11.7. The summed E-state index contributed by atoms with van der Waals surface area (Å²) in [6.45, 7) is 3.41. The Kier molecular flexibility index (Phi) is 7.30. The number of nitrogens with zero attached hydrogens (tertiary/aromatic N) is 1. The Bertz CT molecular complexity index is 439. The lowest BCUT2D eigenvalue weighted by Gasteiger charge is -2.23. The molecule has 114 valence electrons. The zero-order valence-corrected chi connectivity index (χ0v) is 14.1. The highest BCUT2D eigenvalue weighted by atomic mass is 35.5. The molecule has 1 aromatic rings. The highest BCUT2D eigenvalue weighted by Crippen LogP contribution is 2.28. The van der Waals surface area contributed by atoms with E-state index in [1.165, 1.54) is 11.3 Å². The second-order valence-electron chi connectivity index (χ2n) is 5.17. The van der Waals surface area contributed by atoms with E-state index in [1.807, 2.05) is 24.0 Å². The lowest BCUT2D eigenvalue weighted by molar-refractivity contribution is -0.132. The number of hydrogen-bond acceptors (Lipinski definition) is 3. The topological polar surface area (TPSA) is 46.3 Å². The van der Waals surface area contributed by atoms with Crippen molar-refractivity contribution >= 4 is 41.3 Å². The number of carbonyl (C=O) groups excluding carboxylic acids is 1. The van der Waals surface area contributed by atoms with E-state index in [-0.39, 0.29) is 24.4 Å². The normalized spacial score (nSPS) is 21.6. The first kappa shape index (κ1) is 17.8. The van der Waals surface area contributed by atoms with Crippen LogP contribution in [0.25, 0.3) is 0 Å². The van der Waals surface area contributed by atoms with Crippen LogP contribution >= 0.6 is 35.3 Å². The van der Waals surface area contributed by atoms with Gasteiger partial charge in [-0.25, -0.2) is 0 Å². The van der Waals surface area contributed by atoms with Gasteiger partial charge < -0.3 is 10.6 Å². The lowest BCUT2D eigenvalue weighted by Crippen LogP contribution is -2.34. The van der Waals surface area contributed by atoms with Gasteiger partial charge in [-0.3, -0.25) is 4.79 Å². The summed E-state index contributed by atoms with van der Waals surface area (Å²) in [6.07, 6.45) is 3.90. The fourth-order valence-corrected chi connectivity index (χ4v) is 3.78. The molecule has 1 fully saturated rings. The summed E-state index contributed by atoms with van der Waals surface area (Å²) in [5.74, 6) is 0.586. The van der Waals surface area contributed by atoms with Gasteiger partial charge in [-0.15, -0.1) is 23.7 Å². The molecule has 20 heavy (non-hydrogen) atoms. The second kappa shape index (κ2) is 8.23. The van der Waals surface area contributed by atoms with Gasteiger partial charge in [-0.05, 0) is 37.8 Å². The molecule has 0 unspecified atom stereocenters. The minimum Gasteiger partial charge on any atom is -0.338 e. The fourth-order valence-electron chi connectivity index (χ4n) is 2.67. The first-order chi connectivity index (χ1) is 9.10. The number of nitrogens with two attached hydrogens (primary N) is 1. The summed E-state index contributed by atoms with van der Waals surface area (Å²) in [5.41, 5.74) is 6.04. The van der Waals surface area contributed by atoms with Crippen LogP contribution in [0.4, 0.5) is 0 Å². The molecule has 0 radical (unpaired) electrons. The van der Waals surface area contributed by atoms with Crippen LogP contribution in [0.3, 0.4) is 0 Å². The Morgan fingerprint density at radius 2 is 2.25 bits per heavy atom. The molecule has 1 heterocycles. The van der Waals surface area contributed by atoms with Crippen molar-refractivity contribution in [2.75, 3.05) is 6.54 Å². The Morgan fingerprint density at radius 3 is 2.75 bits per heavy atom. The minimum atomic E-state index is 0. The molecule has 1 aliphatic carbocycles. The van der Waals surface area contributed by atoms with Gasteiger partial charge in [0, 0.05) is 23.9 Å². The molecule has 2 N–H and O–H groups in total. The maximum absolute atomic E-state index is 12.3. The molecule has 2 atom stereocenters. The average molecular weight is 337 g/mol. The van der Waals surface area contributed by atoms with Crippen LogP contribution in [0.5, 0.6) is 0 Å². The van der Waals surface area contributed by atoms with Gasteiger partial charge in [0.25, 0.3) is 0 Å². The van der Waals surface area contributed by atoms with Crippen molar-refractivity contribution in [3.63, 3.8) is 0 Å². The van der Waals surface area contributed by atoms with Crippen LogP contribution in [0.2, 0.25) is 4.34 Å². The predicted molar refractivity (Wildman–Crippen MR) is 87.6 cm³/mol. The van der Waals surface area contributed by atoms with Crippen molar-refractivity contribution in [3.05, 3.63) is 21.3 Å². The van der Waals surface area contributed by atoms with Crippen LogP contribution < -0.4 is 5.73 Å². The Hall–Kier alpha value is -0.290. The maximum atomic E-state index is 12.3. The summed E-state index contributed by atoms with van der Waals surface area (Å²) in [7, 11) is 0. The van der Waals surface area contributed by atoms with E-state index in [0.717, 1.165) is 35.0 Å². The SMILES string of the molecule is CCN(Cc1ccc(Cl)s1)C(=O)C[C@@H]1CCC[C@H]1N.Cl. The highest BCUT2D eigenvalue weighted by Gasteiger charge is 2.27. The average Bonchev–Trinajstić information content (AvgIpc) is 2.96. The van der Waals surface area contributed by atoms with Gasteiger partial charge in [0.1, 0.15) is 0 Å². The van der Waals surface area contributed by atoms with E-state index in [9.17, 15) is 4.79 Å². The maximum Gasteiger partial charge on any atom is 0.223 e. The van der Waals surface area contributed by atoms with E-state index in [4.69, 9.17) is 17.3 Å². The van der Waals surface area contributed by atoms with Crippen LogP contribution in [-0.2, 0) is 11.3 Å². The van der Waals surface area contributed by atoms with E-state index in [2.05, 4.69) is 0 Å². The van der Waals surface area contributed by atoms with Gasteiger partial charge in [-0.2, -0.15) is 0 Å². The molecule has 1 aromatic heterocycles. The molecule has 2 rings (SSSR count). The molecule has 0 saturated heterocycles. The number of hydrogen-bond donors (Lipinski definition) is 1. The van der Waals surface area contributed by atoms with Crippen LogP contribution in [-0.4, -0.2) is 23.4 Å². The van der Waals surface area contributed by atoms with E-state index in [0.29, 0.717) is 18.9 Å². The zero-order chi connectivity index (χ0) is 13.8. The van der Waals surface area contributed by atoms with Crippen molar-refractivity contribution in [1.29, 1.82) is 0 Å². The van der Waals surface area contributed by atoms with E-state index in [1.54, 1.807) is 0 Å². The number of halogens is 2. The third-order valence-electron chi connectivity index (χ3n) is 3.86. The minimum absolute atomic E-state index is 0. The molecule has 0 spiro atoms. The Morgan fingerprint density at radius 1 is 1.50 bits per heavy atom. The summed E-state index contributed by atoms with van der Waals surface area (Å²) in [5, 5.41) is 0. The smallest absolute Gasteiger partial charge is 0.223 e. The molecule has 1 aliphatic rings. The lowest BCUT2D eigenvalue weighted by atomic mass is 9.99. The third kappa shape index (κ3) is 4.62. The summed E-state index contributed by atoms with van der Waals surface area (Å²) >= 11 is 7.46. The fraction of sp³-hybridized carbons (Fsp3) is 0.643. The molecule has 6 heteroatoms. The molecule has 3 nitrogen and oxygen atoms in total. The Labute approximate surface area is 135 Å². The number of rotatable bonds is 5. The largest absolute Gasteiger partial charge is 0.338 e. The van der Waals surface area contributed by atoms with E-state index < -0.39 is 0 Å². The molecule has 0 bridgehead atoms. The first-order valence-corrected chi connectivity index (χ1v) is 8.07. The number of carbonyl (C=O) groups is 1. The molecular weight excluding hydrogens is 315 g/mol. The van der Waals surface area contributed by atoms with Gasteiger partial charge in [-0.1, -0.05) is 18.0 Å². The number of thiophene rings is 1. The van der Waals surface area contributed by atoms with Gasteiger partial charge >= 0.3 is 0 Å². The molecule has 1 amide bonds. The second-order valence-corrected chi connectivity index (χ2v) is 6.97. The van der Waals surface area contributed by atoms with Crippen molar-refractivity contribution < 1.29 is 4.79 Å². The third-order valence-corrected chi connectivity index (χ3v) is 5.08. The van der Waals surface area contributed by atoms with Crippen LogP contribution in [0.15, 0.2) is 12.1 Å². The summed E-state index contributed by atoms with van der Waals surface area (Å²) in [4.78, 5) is 15.4. The van der Waals surface area contributed by atoms with Crippen molar-refractivity contribution in [1.82, 2.24) is 4.90 Å². The number of amides is 1. The Balaban J connectivity index is 0.00000200. The summed E-state index contributed by atoms with van der Waals surface area (Å²) in [6, 6.07) is 4.08. The molecule has 0 aliphatic heterocycles. The van der Waals surface area contributed by atoms with Crippen LogP contribution in [0.1, 0.15) is 37.5 Å². The highest BCUT2D eigenvalue weighted by molar-refractivity contribution is 7.16. The molecule has 1 saturated carbocycles. The predicted octanol–water partition coefficient (Wildman–Crippen LogP) is 3.69. The standard InChI is InChI=1S/C14H21ClN2OS.ClH/c1-2-17(9-11-6-7-13(15)19-11)14(18)8-10-4-3-5-12(10)16;/h6-7,10,12H,2-5,8-9,16H2,1H3;1H/t10-,12+;/m0./s1. The van der Waals surface area contributed by atoms with Crippen LogP contribution in [0, 0.1) is 5.92 Å². The van der Waals surface area contributed by atoms with Gasteiger partial charge in [0.2, 0.25) is 5.91 Å². The van der Waals surface area contributed by atoms with Crippen molar-refractivity contribution in [2.24, 2.45) is 11.7 Å². The van der Waals surface area contributed by atoms with Crippen molar-refractivity contribution in [2.45, 2.75) is 45.2 Å². The summed E-state index contributed by atoms with van der Waals surface area (Å²) < 4.78 is 0.774. The van der Waals surface area contributed by atoms with Gasteiger partial charge in [0.05, 0.1) is 10.9 Å². The molecule has 0 aromatic carbocycles. The van der Waals surface area contributed by atoms with Gasteiger partial charge in [0.15, 0.2) is 0 Å². The molecular formula is C14H22Cl2N2OS. The first-order valence-electron chi connectivity index (χ1n) is 6.87. The monoisotopic (exact) mass is 336 g/mol. The van der Waals surface area contributed by atoms with Crippen molar-refractivity contribution in [3.8, 4) is 0 Å². The quantitative estimate of drug-likeness (QED) is 0.891.